The van der Waals surface area contributed by atoms with Crippen molar-refractivity contribution in [2.45, 2.75) is 12.8 Å². The first-order chi connectivity index (χ1) is 14.0. The summed E-state index contributed by atoms with van der Waals surface area (Å²) in [6.45, 7) is 1.26. The zero-order valence-electron chi connectivity index (χ0n) is 15.6. The zero-order chi connectivity index (χ0) is 20.5. The molecular weight excluding hydrogens is 411 g/mol. The second-order valence-electron chi connectivity index (χ2n) is 7.29. The lowest BCUT2D eigenvalue weighted by atomic mass is 9.97. The van der Waals surface area contributed by atoms with E-state index < -0.39 is 0 Å². The second kappa shape index (κ2) is 8.19. The summed E-state index contributed by atoms with van der Waals surface area (Å²) in [6, 6.07) is 13.5. The maximum Gasteiger partial charge on any atom is 0.282 e. The summed E-state index contributed by atoms with van der Waals surface area (Å²) in [6.07, 6.45) is 1.75. The van der Waals surface area contributed by atoms with Crippen LogP contribution in [0.5, 0.6) is 0 Å². The van der Waals surface area contributed by atoms with Gasteiger partial charge in [0, 0.05) is 29.7 Å². The molecule has 2 aliphatic heterocycles. The molecule has 2 amide bonds. The first-order valence-corrected chi connectivity index (χ1v) is 10.3. The molecule has 0 spiro atoms. The van der Waals surface area contributed by atoms with E-state index >= 15 is 0 Å². The highest BCUT2D eigenvalue weighted by molar-refractivity contribution is 6.45. The molecular formula is C22H20Cl2N2O3. The number of carbonyl (C=O) groups is 2. The van der Waals surface area contributed by atoms with E-state index in [1.807, 2.05) is 4.90 Å². The van der Waals surface area contributed by atoms with Crippen molar-refractivity contribution in [3.05, 3.63) is 69.8 Å². The minimum Gasteiger partial charge on any atom is -0.396 e. The summed E-state index contributed by atoms with van der Waals surface area (Å²) in [5.74, 6) is -0.656. The SMILES string of the molecule is O=C1C(c2ccc(Cl)cc2)=C(N2CCCC(CO)C2)C(=O)N1c1ccc(Cl)cc1. The molecule has 1 N–H and O–H groups in total. The Balaban J connectivity index is 1.80. The van der Waals surface area contributed by atoms with Gasteiger partial charge in [0.1, 0.15) is 5.70 Å². The number of amides is 2. The molecule has 0 aliphatic carbocycles. The van der Waals surface area contributed by atoms with Gasteiger partial charge >= 0.3 is 0 Å². The molecule has 1 fully saturated rings. The number of imide groups is 1. The third-order valence-electron chi connectivity index (χ3n) is 5.37. The van der Waals surface area contributed by atoms with E-state index in [4.69, 9.17) is 23.2 Å². The van der Waals surface area contributed by atoms with Crippen LogP contribution in [0.4, 0.5) is 5.69 Å². The normalized spacial score (nSPS) is 20.0. The van der Waals surface area contributed by atoms with Crippen LogP contribution in [-0.2, 0) is 9.59 Å². The molecule has 5 nitrogen and oxygen atoms in total. The van der Waals surface area contributed by atoms with Crippen molar-refractivity contribution < 1.29 is 14.7 Å². The largest absolute Gasteiger partial charge is 0.396 e. The molecule has 2 heterocycles. The number of carbonyl (C=O) groups excluding carboxylic acids is 2. The van der Waals surface area contributed by atoms with Crippen molar-refractivity contribution in [2.75, 3.05) is 24.6 Å². The summed E-state index contributed by atoms with van der Waals surface area (Å²) in [5.41, 5.74) is 1.86. The van der Waals surface area contributed by atoms with Crippen LogP contribution < -0.4 is 4.90 Å². The van der Waals surface area contributed by atoms with Crippen LogP contribution in [0.1, 0.15) is 18.4 Å². The summed E-state index contributed by atoms with van der Waals surface area (Å²) in [4.78, 5) is 30.0. The highest BCUT2D eigenvalue weighted by Crippen LogP contribution is 2.37. The highest BCUT2D eigenvalue weighted by atomic mass is 35.5. The molecule has 150 valence electrons. The number of likely N-dealkylation sites (tertiary alicyclic amines) is 1. The van der Waals surface area contributed by atoms with E-state index in [0.717, 1.165) is 12.8 Å². The number of aliphatic hydroxyl groups is 1. The van der Waals surface area contributed by atoms with Gasteiger partial charge in [0.2, 0.25) is 0 Å². The molecule has 7 heteroatoms. The standard InChI is InChI=1S/C22H20Cl2N2O3/c23-16-5-3-15(4-6-16)19-20(25-11-1-2-14(12-25)13-27)22(29)26(21(19)28)18-9-7-17(24)8-10-18/h3-10,14,27H,1-2,11-13H2. The first kappa shape index (κ1) is 20.0. The van der Waals surface area contributed by atoms with Gasteiger partial charge in [-0.3, -0.25) is 9.59 Å². The van der Waals surface area contributed by atoms with Crippen LogP contribution in [0.15, 0.2) is 54.2 Å². The monoisotopic (exact) mass is 430 g/mol. The van der Waals surface area contributed by atoms with Crippen molar-refractivity contribution in [1.29, 1.82) is 0 Å². The van der Waals surface area contributed by atoms with E-state index in [2.05, 4.69) is 0 Å². The number of rotatable bonds is 4. The van der Waals surface area contributed by atoms with E-state index in [0.29, 0.717) is 45.7 Å². The number of benzene rings is 2. The Labute approximate surface area is 179 Å². The topological polar surface area (TPSA) is 60.9 Å². The summed E-state index contributed by atoms with van der Waals surface area (Å²) >= 11 is 12.0. The number of hydrogen-bond acceptors (Lipinski definition) is 4. The average Bonchev–Trinajstić information content (AvgIpc) is 2.99. The van der Waals surface area contributed by atoms with Gasteiger partial charge in [0.05, 0.1) is 11.3 Å². The van der Waals surface area contributed by atoms with Gasteiger partial charge < -0.3 is 10.0 Å². The molecule has 4 rings (SSSR count). The molecule has 0 radical (unpaired) electrons. The third kappa shape index (κ3) is 3.78. The lowest BCUT2D eigenvalue weighted by Gasteiger charge is -2.34. The van der Waals surface area contributed by atoms with Gasteiger partial charge in [-0.15, -0.1) is 0 Å². The lowest BCUT2D eigenvalue weighted by Crippen LogP contribution is -2.40. The van der Waals surface area contributed by atoms with Crippen LogP contribution in [0, 0.1) is 5.92 Å². The fourth-order valence-corrected chi connectivity index (χ4v) is 4.18. The Bertz CT molecular complexity index is 971. The van der Waals surface area contributed by atoms with E-state index in [-0.39, 0.29) is 24.3 Å². The summed E-state index contributed by atoms with van der Waals surface area (Å²) in [5, 5.41) is 10.7. The van der Waals surface area contributed by atoms with Gasteiger partial charge in [-0.05, 0) is 60.7 Å². The fourth-order valence-electron chi connectivity index (χ4n) is 3.93. The van der Waals surface area contributed by atoms with E-state index in [1.165, 1.54) is 4.90 Å². The third-order valence-corrected chi connectivity index (χ3v) is 5.87. The van der Waals surface area contributed by atoms with Crippen molar-refractivity contribution in [2.24, 2.45) is 5.92 Å². The van der Waals surface area contributed by atoms with Crippen LogP contribution >= 0.6 is 23.2 Å². The van der Waals surface area contributed by atoms with Gasteiger partial charge in [-0.25, -0.2) is 4.90 Å². The van der Waals surface area contributed by atoms with Crippen LogP contribution in [0.3, 0.4) is 0 Å². The Hall–Kier alpha value is -2.34. The first-order valence-electron chi connectivity index (χ1n) is 9.50. The number of halogens is 2. The lowest BCUT2D eigenvalue weighted by molar-refractivity contribution is -0.120. The average molecular weight is 431 g/mol. The van der Waals surface area contributed by atoms with Gasteiger partial charge in [-0.2, -0.15) is 0 Å². The second-order valence-corrected chi connectivity index (χ2v) is 8.16. The molecule has 2 aromatic carbocycles. The molecule has 1 saturated heterocycles. The van der Waals surface area contributed by atoms with Crippen LogP contribution in [0.2, 0.25) is 10.0 Å². The maximum absolute atomic E-state index is 13.4. The predicted octanol–water partition coefficient (Wildman–Crippen LogP) is 3.98. The van der Waals surface area contributed by atoms with Gasteiger partial charge in [-0.1, -0.05) is 35.3 Å². The highest BCUT2D eigenvalue weighted by Gasteiger charge is 2.43. The predicted molar refractivity (Wildman–Crippen MR) is 114 cm³/mol. The van der Waals surface area contributed by atoms with E-state index in [9.17, 15) is 14.7 Å². The quantitative estimate of drug-likeness (QED) is 0.745. The number of anilines is 1. The van der Waals surface area contributed by atoms with Crippen molar-refractivity contribution in [1.82, 2.24) is 4.90 Å². The molecule has 2 aliphatic rings. The van der Waals surface area contributed by atoms with Gasteiger partial charge in [0.15, 0.2) is 0 Å². The van der Waals surface area contributed by atoms with Crippen LogP contribution in [-0.4, -0.2) is 41.5 Å². The Morgan fingerprint density at radius 2 is 1.55 bits per heavy atom. The minimum atomic E-state index is -0.374. The minimum absolute atomic E-state index is 0.0586. The molecule has 0 bridgehead atoms. The maximum atomic E-state index is 13.4. The van der Waals surface area contributed by atoms with Gasteiger partial charge in [0.25, 0.3) is 11.8 Å². The molecule has 0 aromatic heterocycles. The number of nitrogens with zero attached hydrogens (tertiary/aromatic N) is 2. The number of piperidine rings is 1. The van der Waals surface area contributed by atoms with Crippen molar-refractivity contribution in [3.63, 3.8) is 0 Å². The molecule has 0 saturated carbocycles. The Kier molecular flexibility index (Phi) is 5.63. The number of aliphatic hydroxyl groups excluding tert-OH is 1. The Morgan fingerprint density at radius 3 is 2.17 bits per heavy atom. The smallest absolute Gasteiger partial charge is 0.282 e. The van der Waals surface area contributed by atoms with Crippen LogP contribution in [0.25, 0.3) is 5.57 Å². The van der Waals surface area contributed by atoms with Crippen molar-refractivity contribution in [3.8, 4) is 0 Å². The van der Waals surface area contributed by atoms with E-state index in [1.54, 1.807) is 48.5 Å². The number of hydrogen-bond donors (Lipinski definition) is 1. The molecule has 1 atom stereocenters. The Morgan fingerprint density at radius 1 is 0.931 bits per heavy atom. The zero-order valence-corrected chi connectivity index (χ0v) is 17.2. The summed E-state index contributed by atoms with van der Waals surface area (Å²) in [7, 11) is 0. The molecule has 29 heavy (non-hydrogen) atoms. The molecule has 2 aromatic rings. The fraction of sp³-hybridized carbons (Fsp3) is 0.273. The molecule has 1 unspecified atom stereocenters. The summed E-state index contributed by atoms with van der Waals surface area (Å²) < 4.78 is 0. The van der Waals surface area contributed by atoms with Crippen molar-refractivity contribution >= 4 is 46.3 Å².